The molecule has 1 amide bonds. The fourth-order valence-electron chi connectivity index (χ4n) is 2.02. The zero-order valence-corrected chi connectivity index (χ0v) is 10.9. The Balaban J connectivity index is 2.41. The van der Waals surface area contributed by atoms with E-state index in [2.05, 4.69) is 43.4 Å². The molecule has 2 nitrogen and oxygen atoms in total. The number of hydrogen-bond donors (Lipinski definition) is 1. The molecule has 0 bridgehead atoms. The van der Waals surface area contributed by atoms with Gasteiger partial charge in [0.15, 0.2) is 0 Å². The molecule has 0 aliphatic rings. The minimum atomic E-state index is -0.0622. The van der Waals surface area contributed by atoms with Crippen molar-refractivity contribution in [1.82, 2.24) is 0 Å². The number of hydrogen-bond acceptors (Lipinski definition) is 1. The average Bonchev–Trinajstić information content (AvgIpc) is 2.28. The van der Waals surface area contributed by atoms with Gasteiger partial charge in [-0.25, -0.2) is 0 Å². The predicted octanol–water partition coefficient (Wildman–Crippen LogP) is 3.73. The first-order valence-electron chi connectivity index (χ1n) is 5.93. The first-order valence-corrected chi connectivity index (χ1v) is 5.93. The Morgan fingerprint density at radius 2 is 1.94 bits per heavy atom. The van der Waals surface area contributed by atoms with E-state index in [0.29, 0.717) is 0 Å². The summed E-state index contributed by atoms with van der Waals surface area (Å²) in [6, 6.07) is 15.1. The summed E-state index contributed by atoms with van der Waals surface area (Å²) in [5.74, 6) is -0.0622. The minimum absolute atomic E-state index is 0.0622. The Labute approximate surface area is 108 Å². The Morgan fingerprint density at radius 3 is 2.61 bits per heavy atom. The van der Waals surface area contributed by atoms with E-state index in [1.165, 1.54) is 18.1 Å². The number of benzene rings is 2. The standard InChI is InChI=1S/C16H16NO/c1-11-7-8-16(12(2)9-11)14-5-4-6-15(10-14)17-13(3)18/h4,6-10H,1-3H3,(H,17,18). The van der Waals surface area contributed by atoms with Crippen LogP contribution in [-0.2, 0) is 4.79 Å². The molecule has 0 atom stereocenters. The lowest BCUT2D eigenvalue weighted by atomic mass is 9.98. The molecule has 2 aromatic carbocycles. The minimum Gasteiger partial charge on any atom is -0.326 e. The van der Waals surface area contributed by atoms with Crippen molar-refractivity contribution >= 4 is 11.6 Å². The van der Waals surface area contributed by atoms with Gasteiger partial charge < -0.3 is 5.32 Å². The number of nitrogens with one attached hydrogen (secondary N) is 1. The van der Waals surface area contributed by atoms with Crippen molar-refractivity contribution in [2.24, 2.45) is 0 Å². The fraction of sp³-hybridized carbons (Fsp3) is 0.188. The fourth-order valence-corrected chi connectivity index (χ4v) is 2.02. The molecule has 2 heteroatoms. The summed E-state index contributed by atoms with van der Waals surface area (Å²) in [5.41, 5.74) is 5.41. The third-order valence-electron chi connectivity index (χ3n) is 2.79. The highest BCUT2D eigenvalue weighted by atomic mass is 16.1. The van der Waals surface area contributed by atoms with Crippen molar-refractivity contribution in [1.29, 1.82) is 0 Å². The lowest BCUT2D eigenvalue weighted by Crippen LogP contribution is -2.05. The number of anilines is 1. The maximum absolute atomic E-state index is 11.1. The molecular formula is C16H16NO. The Hall–Kier alpha value is -2.09. The Morgan fingerprint density at radius 1 is 1.17 bits per heavy atom. The Bertz CT molecular complexity index is 587. The van der Waals surface area contributed by atoms with Gasteiger partial charge in [-0.05, 0) is 48.7 Å². The van der Waals surface area contributed by atoms with E-state index in [1.54, 1.807) is 0 Å². The largest absolute Gasteiger partial charge is 0.326 e. The number of rotatable bonds is 2. The van der Waals surface area contributed by atoms with Crippen LogP contribution in [0.4, 0.5) is 5.69 Å². The van der Waals surface area contributed by atoms with E-state index < -0.39 is 0 Å². The highest BCUT2D eigenvalue weighted by Crippen LogP contribution is 2.26. The molecule has 0 spiro atoms. The predicted molar refractivity (Wildman–Crippen MR) is 74.5 cm³/mol. The summed E-state index contributed by atoms with van der Waals surface area (Å²) >= 11 is 0. The van der Waals surface area contributed by atoms with Gasteiger partial charge in [-0.15, -0.1) is 0 Å². The van der Waals surface area contributed by atoms with Crippen molar-refractivity contribution in [3.05, 3.63) is 53.6 Å². The molecule has 0 unspecified atom stereocenters. The van der Waals surface area contributed by atoms with Crippen LogP contribution in [0.1, 0.15) is 18.1 Å². The summed E-state index contributed by atoms with van der Waals surface area (Å²) in [7, 11) is 0. The summed E-state index contributed by atoms with van der Waals surface area (Å²) in [6.07, 6.45) is 0. The summed E-state index contributed by atoms with van der Waals surface area (Å²) in [6.45, 7) is 5.67. The van der Waals surface area contributed by atoms with Crippen LogP contribution in [-0.4, -0.2) is 5.91 Å². The molecule has 0 aromatic heterocycles. The van der Waals surface area contributed by atoms with Gasteiger partial charge in [0, 0.05) is 12.6 Å². The molecule has 0 aliphatic carbocycles. The quantitative estimate of drug-likeness (QED) is 0.848. The molecule has 0 saturated carbocycles. The zero-order valence-electron chi connectivity index (χ0n) is 10.9. The number of carbonyl (C=O) groups is 1. The van der Waals surface area contributed by atoms with Crippen LogP contribution in [0, 0.1) is 19.9 Å². The van der Waals surface area contributed by atoms with Crippen molar-refractivity contribution < 1.29 is 4.79 Å². The van der Waals surface area contributed by atoms with Gasteiger partial charge >= 0.3 is 0 Å². The van der Waals surface area contributed by atoms with E-state index in [4.69, 9.17) is 0 Å². The molecule has 1 N–H and O–H groups in total. The molecule has 18 heavy (non-hydrogen) atoms. The van der Waals surface area contributed by atoms with Gasteiger partial charge in [0.25, 0.3) is 0 Å². The summed E-state index contributed by atoms with van der Waals surface area (Å²) in [5, 5.41) is 2.79. The molecule has 0 heterocycles. The summed E-state index contributed by atoms with van der Waals surface area (Å²) in [4.78, 5) is 11.1. The third-order valence-corrected chi connectivity index (χ3v) is 2.79. The average molecular weight is 238 g/mol. The number of carbonyl (C=O) groups excluding carboxylic acids is 1. The Kier molecular flexibility index (Phi) is 3.47. The van der Waals surface area contributed by atoms with E-state index in [-0.39, 0.29) is 5.91 Å². The van der Waals surface area contributed by atoms with Crippen LogP contribution in [0.5, 0.6) is 0 Å². The van der Waals surface area contributed by atoms with E-state index in [9.17, 15) is 4.79 Å². The second kappa shape index (κ2) is 5.05. The smallest absolute Gasteiger partial charge is 0.221 e. The van der Waals surface area contributed by atoms with Crippen LogP contribution >= 0.6 is 0 Å². The molecule has 0 saturated heterocycles. The van der Waals surface area contributed by atoms with Gasteiger partial charge in [-0.2, -0.15) is 0 Å². The maximum atomic E-state index is 11.1. The van der Waals surface area contributed by atoms with E-state index in [0.717, 1.165) is 16.8 Å². The zero-order chi connectivity index (χ0) is 13.1. The van der Waals surface area contributed by atoms with Crippen LogP contribution < -0.4 is 5.32 Å². The van der Waals surface area contributed by atoms with Gasteiger partial charge in [0.1, 0.15) is 0 Å². The summed E-state index contributed by atoms with van der Waals surface area (Å²) < 4.78 is 0. The highest BCUT2D eigenvalue weighted by Gasteiger charge is 2.04. The molecule has 0 fully saturated rings. The topological polar surface area (TPSA) is 29.1 Å². The second-order valence-electron chi connectivity index (χ2n) is 4.49. The van der Waals surface area contributed by atoms with E-state index in [1.807, 2.05) is 18.2 Å². The molecule has 91 valence electrons. The van der Waals surface area contributed by atoms with Gasteiger partial charge in [-0.3, -0.25) is 4.79 Å². The first-order chi connectivity index (χ1) is 8.56. The molecular weight excluding hydrogens is 222 g/mol. The highest BCUT2D eigenvalue weighted by molar-refractivity contribution is 5.89. The van der Waals surface area contributed by atoms with Crippen LogP contribution in [0.2, 0.25) is 0 Å². The van der Waals surface area contributed by atoms with Crippen LogP contribution in [0.15, 0.2) is 36.4 Å². The normalized spacial score (nSPS) is 10.2. The van der Waals surface area contributed by atoms with E-state index >= 15 is 0 Å². The lowest BCUT2D eigenvalue weighted by Gasteiger charge is -2.09. The third kappa shape index (κ3) is 2.77. The SMILES string of the molecule is CC(=O)Nc1cc[c]c(-c2ccc(C)cc2C)c1. The molecule has 2 rings (SSSR count). The second-order valence-corrected chi connectivity index (χ2v) is 4.49. The lowest BCUT2D eigenvalue weighted by molar-refractivity contribution is -0.114. The first kappa shape index (κ1) is 12.4. The van der Waals surface area contributed by atoms with Gasteiger partial charge in [0.2, 0.25) is 5.91 Å². The monoisotopic (exact) mass is 238 g/mol. The molecule has 2 aromatic rings. The van der Waals surface area contributed by atoms with Gasteiger partial charge in [0.05, 0.1) is 0 Å². The maximum Gasteiger partial charge on any atom is 0.221 e. The van der Waals surface area contributed by atoms with Crippen molar-refractivity contribution in [2.75, 3.05) is 5.32 Å². The van der Waals surface area contributed by atoms with Crippen molar-refractivity contribution in [3.63, 3.8) is 0 Å². The molecule has 0 aliphatic heterocycles. The van der Waals surface area contributed by atoms with Crippen molar-refractivity contribution in [2.45, 2.75) is 20.8 Å². The van der Waals surface area contributed by atoms with Crippen LogP contribution in [0.3, 0.4) is 0 Å². The van der Waals surface area contributed by atoms with Gasteiger partial charge in [-0.1, -0.05) is 29.8 Å². The van der Waals surface area contributed by atoms with Crippen molar-refractivity contribution in [3.8, 4) is 11.1 Å². The number of aryl methyl sites for hydroxylation is 2. The molecule has 1 radical (unpaired) electrons. The number of amides is 1. The van der Waals surface area contributed by atoms with Crippen LogP contribution in [0.25, 0.3) is 11.1 Å².